The molecule has 3 rings (SSSR count). The first-order chi connectivity index (χ1) is 12.2. The molecular formula is C20H30FO3P. The second-order valence-electron chi connectivity index (χ2n) is 7.55. The first-order valence-corrected chi connectivity index (χ1v) is 11.4. The predicted octanol–water partition coefficient (Wildman–Crippen LogP) is 5.84. The maximum Gasteiger partial charge on any atom is 0.364 e. The molecule has 2 aliphatic carbocycles. The molecule has 0 N–H and O–H groups in total. The molecule has 0 spiro atoms. The van der Waals surface area contributed by atoms with Gasteiger partial charge >= 0.3 is 7.60 Å². The normalized spacial score (nSPS) is 20.7. The Morgan fingerprint density at radius 3 is 1.80 bits per heavy atom. The fourth-order valence-corrected chi connectivity index (χ4v) is 5.74. The minimum Gasteiger partial charge on any atom is -0.305 e. The Bertz CT molecular complexity index is 554. The molecule has 140 valence electrons. The topological polar surface area (TPSA) is 35.5 Å². The van der Waals surface area contributed by atoms with Crippen LogP contribution in [0.15, 0.2) is 24.3 Å². The second kappa shape index (κ2) is 9.30. The van der Waals surface area contributed by atoms with Gasteiger partial charge in [-0.05, 0) is 49.7 Å². The van der Waals surface area contributed by atoms with Crippen molar-refractivity contribution in [1.82, 2.24) is 0 Å². The summed E-state index contributed by atoms with van der Waals surface area (Å²) >= 11 is 0. The van der Waals surface area contributed by atoms with Crippen molar-refractivity contribution >= 4 is 12.9 Å². The molecule has 2 saturated carbocycles. The van der Waals surface area contributed by atoms with Crippen LogP contribution in [0.1, 0.15) is 64.2 Å². The molecule has 0 atom stereocenters. The molecule has 0 radical (unpaired) electrons. The van der Waals surface area contributed by atoms with E-state index in [1.165, 1.54) is 50.7 Å². The van der Waals surface area contributed by atoms with Gasteiger partial charge in [0.1, 0.15) is 5.82 Å². The third-order valence-electron chi connectivity index (χ3n) is 5.56. The van der Waals surface area contributed by atoms with Gasteiger partial charge in [0.25, 0.3) is 0 Å². The highest BCUT2D eigenvalue weighted by molar-refractivity contribution is 7.62. The van der Waals surface area contributed by atoms with Crippen LogP contribution in [0, 0.1) is 17.7 Å². The van der Waals surface area contributed by atoms with E-state index in [-0.39, 0.29) is 5.30 Å². The van der Waals surface area contributed by atoms with E-state index in [4.69, 9.17) is 9.05 Å². The van der Waals surface area contributed by atoms with Gasteiger partial charge in [0.2, 0.25) is 0 Å². The maximum absolute atomic E-state index is 14.3. The molecule has 5 heteroatoms. The Morgan fingerprint density at radius 1 is 0.840 bits per heavy atom. The molecule has 1 aromatic carbocycles. The zero-order valence-corrected chi connectivity index (χ0v) is 15.9. The highest BCUT2D eigenvalue weighted by Gasteiger charge is 2.33. The van der Waals surface area contributed by atoms with E-state index in [1.54, 1.807) is 12.1 Å². The summed E-state index contributed by atoms with van der Waals surface area (Å²) in [6, 6.07) is 6.16. The highest BCUT2D eigenvalue weighted by atomic mass is 31.2. The SMILES string of the molecule is O=P(OCC1CCCCC1)(OCC1CCCCC1)c1ccccc1F. The zero-order valence-electron chi connectivity index (χ0n) is 15.0. The van der Waals surface area contributed by atoms with Gasteiger partial charge in [-0.15, -0.1) is 0 Å². The highest BCUT2D eigenvalue weighted by Crippen LogP contribution is 2.49. The molecule has 0 unspecified atom stereocenters. The van der Waals surface area contributed by atoms with Crippen LogP contribution in [-0.2, 0) is 13.6 Å². The summed E-state index contributed by atoms with van der Waals surface area (Å²) in [6.45, 7) is 0.798. The average molecular weight is 368 g/mol. The first kappa shape index (κ1) is 19.1. The van der Waals surface area contributed by atoms with Crippen LogP contribution in [0.2, 0.25) is 0 Å². The van der Waals surface area contributed by atoms with Crippen molar-refractivity contribution in [3.8, 4) is 0 Å². The minimum atomic E-state index is -3.62. The number of hydrogen-bond acceptors (Lipinski definition) is 3. The van der Waals surface area contributed by atoms with Crippen molar-refractivity contribution in [3.63, 3.8) is 0 Å². The van der Waals surface area contributed by atoms with Crippen LogP contribution < -0.4 is 5.30 Å². The summed E-state index contributed by atoms with van der Waals surface area (Å²) in [6.07, 6.45) is 11.7. The van der Waals surface area contributed by atoms with Gasteiger partial charge in [-0.3, -0.25) is 4.57 Å². The molecule has 2 fully saturated rings. The molecule has 3 nitrogen and oxygen atoms in total. The fourth-order valence-electron chi connectivity index (χ4n) is 3.96. The monoisotopic (exact) mass is 368 g/mol. The standard InChI is InChI=1S/C20H30FO3P/c21-19-13-7-8-14-20(19)25(22,23-15-17-9-3-1-4-10-17)24-16-18-11-5-2-6-12-18/h7-8,13-14,17-18H,1-6,9-12,15-16H2. The summed E-state index contributed by atoms with van der Waals surface area (Å²) in [7, 11) is -3.62. The van der Waals surface area contributed by atoms with E-state index in [2.05, 4.69) is 0 Å². The number of benzene rings is 1. The molecular weight excluding hydrogens is 338 g/mol. The summed E-state index contributed by atoms with van der Waals surface area (Å²) < 4.78 is 39.4. The number of rotatable bonds is 7. The van der Waals surface area contributed by atoms with Crippen LogP contribution in [0.5, 0.6) is 0 Å². The lowest BCUT2D eigenvalue weighted by atomic mass is 9.90. The molecule has 1 aromatic rings. The van der Waals surface area contributed by atoms with E-state index in [9.17, 15) is 8.96 Å². The lowest BCUT2D eigenvalue weighted by molar-refractivity contribution is 0.143. The largest absolute Gasteiger partial charge is 0.364 e. The van der Waals surface area contributed by atoms with Gasteiger partial charge in [-0.25, -0.2) is 4.39 Å². The van der Waals surface area contributed by atoms with E-state index in [0.717, 1.165) is 25.7 Å². The molecule has 0 aliphatic heterocycles. The van der Waals surface area contributed by atoms with Crippen LogP contribution in [0.4, 0.5) is 4.39 Å². The fraction of sp³-hybridized carbons (Fsp3) is 0.700. The summed E-state index contributed by atoms with van der Waals surface area (Å²) in [5.41, 5.74) is 0. The second-order valence-corrected chi connectivity index (χ2v) is 9.54. The van der Waals surface area contributed by atoms with Gasteiger partial charge in [-0.2, -0.15) is 0 Å². The molecule has 25 heavy (non-hydrogen) atoms. The molecule has 0 bridgehead atoms. The molecule has 0 saturated heterocycles. The van der Waals surface area contributed by atoms with Crippen molar-refractivity contribution in [3.05, 3.63) is 30.1 Å². The molecule has 2 aliphatic rings. The third-order valence-corrected chi connectivity index (χ3v) is 7.49. The van der Waals surface area contributed by atoms with Gasteiger partial charge < -0.3 is 9.05 Å². The molecule has 0 amide bonds. The van der Waals surface area contributed by atoms with Gasteiger partial charge in [0.15, 0.2) is 0 Å². The lowest BCUT2D eigenvalue weighted by Crippen LogP contribution is -2.21. The Hall–Kier alpha value is -0.700. The molecule has 0 heterocycles. The van der Waals surface area contributed by atoms with Crippen LogP contribution in [0.25, 0.3) is 0 Å². The van der Waals surface area contributed by atoms with Gasteiger partial charge in [0.05, 0.1) is 18.5 Å². The quantitative estimate of drug-likeness (QED) is 0.567. The number of halogens is 1. The minimum absolute atomic E-state index is 0.0848. The van der Waals surface area contributed by atoms with Crippen LogP contribution in [0.3, 0.4) is 0 Å². The van der Waals surface area contributed by atoms with Gasteiger partial charge in [-0.1, -0.05) is 50.7 Å². The number of hydrogen-bond donors (Lipinski definition) is 0. The third kappa shape index (κ3) is 5.39. The van der Waals surface area contributed by atoms with Gasteiger partial charge in [0, 0.05) is 0 Å². The predicted molar refractivity (Wildman–Crippen MR) is 98.7 cm³/mol. The average Bonchev–Trinajstić information content (AvgIpc) is 2.67. The Balaban J connectivity index is 1.68. The van der Waals surface area contributed by atoms with Crippen molar-refractivity contribution in [2.75, 3.05) is 13.2 Å². The maximum atomic E-state index is 14.3. The van der Waals surface area contributed by atoms with E-state index in [0.29, 0.717) is 25.0 Å². The van der Waals surface area contributed by atoms with Crippen molar-refractivity contribution in [1.29, 1.82) is 0 Å². The Kier molecular flexibility index (Phi) is 7.09. The van der Waals surface area contributed by atoms with E-state index >= 15 is 0 Å². The Morgan fingerprint density at radius 2 is 1.32 bits per heavy atom. The van der Waals surface area contributed by atoms with E-state index in [1.807, 2.05) is 0 Å². The van der Waals surface area contributed by atoms with Crippen LogP contribution >= 0.6 is 7.60 Å². The molecule has 0 aromatic heterocycles. The summed E-state index contributed by atoms with van der Waals surface area (Å²) in [5, 5.41) is 0.0848. The summed E-state index contributed by atoms with van der Waals surface area (Å²) in [4.78, 5) is 0. The Labute approximate surface area is 150 Å². The van der Waals surface area contributed by atoms with Crippen molar-refractivity contribution < 1.29 is 18.0 Å². The van der Waals surface area contributed by atoms with Crippen molar-refractivity contribution in [2.24, 2.45) is 11.8 Å². The first-order valence-electron chi connectivity index (χ1n) is 9.81. The van der Waals surface area contributed by atoms with Crippen LogP contribution in [-0.4, -0.2) is 13.2 Å². The van der Waals surface area contributed by atoms with E-state index < -0.39 is 13.4 Å². The van der Waals surface area contributed by atoms with Crippen molar-refractivity contribution in [2.45, 2.75) is 64.2 Å². The zero-order chi connectivity index (χ0) is 17.5. The summed E-state index contributed by atoms with van der Waals surface area (Å²) in [5.74, 6) is 0.317. The smallest absolute Gasteiger partial charge is 0.305 e. The lowest BCUT2D eigenvalue weighted by Gasteiger charge is -2.27.